The van der Waals surface area contributed by atoms with E-state index in [1.165, 1.54) is 11.3 Å². The second-order valence-corrected chi connectivity index (χ2v) is 8.87. The summed E-state index contributed by atoms with van der Waals surface area (Å²) < 4.78 is 6.62. The maximum absolute atomic E-state index is 12.9. The highest BCUT2D eigenvalue weighted by atomic mass is 32.1. The molecule has 0 unspecified atom stereocenters. The molecule has 0 spiro atoms. The van der Waals surface area contributed by atoms with Crippen molar-refractivity contribution in [3.05, 3.63) is 65.3 Å². The lowest BCUT2D eigenvalue weighted by Gasteiger charge is -2.26. The zero-order chi connectivity index (χ0) is 22.1. The van der Waals surface area contributed by atoms with E-state index in [1.54, 1.807) is 0 Å². The van der Waals surface area contributed by atoms with E-state index in [0.29, 0.717) is 23.7 Å². The van der Waals surface area contributed by atoms with Gasteiger partial charge in [0.05, 0.1) is 10.2 Å². The maximum atomic E-state index is 12.9. The van der Waals surface area contributed by atoms with Crippen molar-refractivity contribution in [2.24, 2.45) is 0 Å². The van der Waals surface area contributed by atoms with E-state index in [0.717, 1.165) is 34.2 Å². The number of ketones is 1. The fraction of sp³-hybridized carbons (Fsp3) is 0.261. The number of nitrogens with zero attached hydrogens (tertiary/aromatic N) is 3. The average molecular weight is 449 g/mol. The third-order valence-electron chi connectivity index (χ3n) is 5.73. The van der Waals surface area contributed by atoms with E-state index in [9.17, 15) is 9.59 Å². The normalized spacial score (nSPS) is 18.5. The van der Waals surface area contributed by atoms with Crippen LogP contribution in [0.4, 0.5) is 4.79 Å². The lowest BCUT2D eigenvalue weighted by Crippen LogP contribution is -2.36. The minimum absolute atomic E-state index is 0.0275. The Morgan fingerprint density at radius 3 is 2.53 bits per heavy atom. The number of carbonyl (C=O) groups excluding carboxylic acids is 1. The number of hydrogen-bond acceptors (Lipinski definition) is 7. The molecule has 1 aliphatic carbocycles. The van der Waals surface area contributed by atoms with Gasteiger partial charge in [-0.1, -0.05) is 36.4 Å². The third kappa shape index (κ3) is 4.11. The summed E-state index contributed by atoms with van der Waals surface area (Å²) in [6.45, 7) is 0. The quantitative estimate of drug-likeness (QED) is 0.418. The predicted octanol–water partition coefficient (Wildman–Crippen LogP) is 4.87. The molecular formula is C23H20N4O4S. The molecule has 2 aromatic heterocycles. The number of amides is 1. The van der Waals surface area contributed by atoms with Gasteiger partial charge in [-0.3, -0.25) is 4.79 Å². The van der Waals surface area contributed by atoms with Gasteiger partial charge in [0, 0.05) is 12.0 Å². The van der Waals surface area contributed by atoms with Crippen molar-refractivity contribution in [3.8, 4) is 11.1 Å². The number of fused-ring (bicyclic) bond motifs is 1. The number of carbonyl (C=O) groups is 2. The van der Waals surface area contributed by atoms with Crippen molar-refractivity contribution in [2.45, 2.75) is 37.6 Å². The molecule has 0 aliphatic heterocycles. The molecule has 4 aromatic rings. The number of aromatic nitrogens is 3. The summed E-state index contributed by atoms with van der Waals surface area (Å²) in [6, 6.07) is 15.9. The molecule has 8 nitrogen and oxygen atoms in total. The third-order valence-corrected chi connectivity index (χ3v) is 6.75. The first-order valence-corrected chi connectivity index (χ1v) is 11.2. The highest BCUT2D eigenvalue weighted by Gasteiger charge is 2.29. The number of nitrogens with one attached hydrogen (secondary N) is 1. The van der Waals surface area contributed by atoms with Crippen LogP contribution in [0.1, 0.15) is 53.2 Å². The largest absolute Gasteiger partial charge is 0.465 e. The molecule has 162 valence electrons. The van der Waals surface area contributed by atoms with Gasteiger partial charge in [-0.15, -0.1) is 21.5 Å². The van der Waals surface area contributed by atoms with E-state index >= 15 is 0 Å². The Morgan fingerprint density at radius 1 is 1.00 bits per heavy atom. The molecule has 1 amide bonds. The van der Waals surface area contributed by atoms with Crippen molar-refractivity contribution >= 4 is 33.4 Å². The Labute approximate surface area is 187 Å². The lowest BCUT2D eigenvalue weighted by atomic mass is 9.86. The van der Waals surface area contributed by atoms with Crippen LogP contribution in [0.25, 0.3) is 21.3 Å². The van der Waals surface area contributed by atoms with Gasteiger partial charge in [-0.25, -0.2) is 9.78 Å². The second kappa shape index (κ2) is 8.51. The SMILES string of the molecule is O=C(O)N[C@H]1CC[C@H](c2nnc(C(=O)c3nc4ccc(-c5ccccc5)cc4s3)o2)CC1. The van der Waals surface area contributed by atoms with E-state index < -0.39 is 6.09 Å². The minimum atomic E-state index is -1.01. The van der Waals surface area contributed by atoms with Gasteiger partial charge < -0.3 is 14.8 Å². The maximum Gasteiger partial charge on any atom is 0.404 e. The lowest BCUT2D eigenvalue weighted by molar-refractivity contribution is 0.0999. The number of carboxylic acid groups (broad SMARTS) is 1. The van der Waals surface area contributed by atoms with E-state index in [1.807, 2.05) is 48.5 Å². The van der Waals surface area contributed by atoms with Gasteiger partial charge in [0.1, 0.15) is 0 Å². The van der Waals surface area contributed by atoms with E-state index in [4.69, 9.17) is 9.52 Å². The van der Waals surface area contributed by atoms with Crippen LogP contribution >= 0.6 is 11.3 Å². The average Bonchev–Trinajstić information content (AvgIpc) is 3.46. The van der Waals surface area contributed by atoms with Crippen LogP contribution < -0.4 is 5.32 Å². The van der Waals surface area contributed by atoms with Gasteiger partial charge in [0.2, 0.25) is 5.89 Å². The molecule has 0 bridgehead atoms. The molecule has 0 atom stereocenters. The molecular weight excluding hydrogens is 428 g/mol. The molecule has 2 heterocycles. The molecule has 9 heteroatoms. The second-order valence-electron chi connectivity index (χ2n) is 7.84. The van der Waals surface area contributed by atoms with Crippen LogP contribution in [0.15, 0.2) is 52.9 Å². The topological polar surface area (TPSA) is 118 Å². The Bertz CT molecular complexity index is 1280. The predicted molar refractivity (Wildman–Crippen MR) is 119 cm³/mol. The van der Waals surface area contributed by atoms with E-state index in [-0.39, 0.29) is 23.6 Å². The molecule has 32 heavy (non-hydrogen) atoms. The summed E-state index contributed by atoms with van der Waals surface area (Å²) in [5.74, 6) is 0.00913. The van der Waals surface area contributed by atoms with Crippen LogP contribution in [0.3, 0.4) is 0 Å². The van der Waals surface area contributed by atoms with E-state index in [2.05, 4.69) is 20.5 Å². The van der Waals surface area contributed by atoms with Crippen LogP contribution in [-0.4, -0.2) is 38.2 Å². The minimum Gasteiger partial charge on any atom is -0.465 e. The number of thiazole rings is 1. The first-order chi connectivity index (χ1) is 15.6. The molecule has 1 fully saturated rings. The van der Waals surface area contributed by atoms with Gasteiger partial charge >= 0.3 is 6.09 Å². The van der Waals surface area contributed by atoms with Crippen molar-refractivity contribution in [2.75, 3.05) is 0 Å². The summed E-state index contributed by atoms with van der Waals surface area (Å²) in [5.41, 5.74) is 2.92. The first kappa shape index (κ1) is 20.3. The Balaban J connectivity index is 1.32. The summed E-state index contributed by atoms with van der Waals surface area (Å²) in [5, 5.41) is 19.7. The zero-order valence-electron chi connectivity index (χ0n) is 17.0. The van der Waals surface area contributed by atoms with Gasteiger partial charge in [0.15, 0.2) is 5.01 Å². The molecule has 0 saturated heterocycles. The standard InChI is InChI=1S/C23H20N4O4S/c28-19(21-27-26-20(31-21)14-6-9-16(10-7-14)24-23(29)30)22-25-17-11-8-15(12-18(17)32-22)13-4-2-1-3-5-13/h1-5,8,11-12,14,16,24H,6-7,9-10H2,(H,29,30)/t14-,16-. The Hall–Kier alpha value is -3.59. The molecule has 0 radical (unpaired) electrons. The summed E-state index contributed by atoms with van der Waals surface area (Å²) in [4.78, 5) is 28.2. The Kier molecular flexibility index (Phi) is 5.40. The van der Waals surface area contributed by atoms with Crippen LogP contribution in [-0.2, 0) is 0 Å². The summed E-state index contributed by atoms with van der Waals surface area (Å²) >= 11 is 1.31. The summed E-state index contributed by atoms with van der Waals surface area (Å²) in [7, 11) is 0. The van der Waals surface area contributed by atoms with Crippen molar-refractivity contribution in [1.29, 1.82) is 0 Å². The zero-order valence-corrected chi connectivity index (χ0v) is 17.8. The van der Waals surface area contributed by atoms with Crippen LogP contribution in [0.5, 0.6) is 0 Å². The molecule has 5 rings (SSSR count). The fourth-order valence-electron chi connectivity index (χ4n) is 4.07. The Morgan fingerprint density at radius 2 is 1.78 bits per heavy atom. The first-order valence-electron chi connectivity index (χ1n) is 10.4. The monoisotopic (exact) mass is 448 g/mol. The van der Waals surface area contributed by atoms with Crippen LogP contribution in [0.2, 0.25) is 0 Å². The van der Waals surface area contributed by atoms with Gasteiger partial charge in [0.25, 0.3) is 11.7 Å². The molecule has 2 N–H and O–H groups in total. The van der Waals surface area contributed by atoms with Gasteiger partial charge in [-0.05, 0) is 48.9 Å². The van der Waals surface area contributed by atoms with Crippen molar-refractivity contribution < 1.29 is 19.1 Å². The van der Waals surface area contributed by atoms with Crippen molar-refractivity contribution in [3.63, 3.8) is 0 Å². The highest BCUT2D eigenvalue weighted by Crippen LogP contribution is 2.33. The molecule has 1 saturated carbocycles. The number of benzene rings is 2. The number of rotatable bonds is 5. The molecule has 2 aromatic carbocycles. The van der Waals surface area contributed by atoms with Gasteiger partial charge in [-0.2, -0.15) is 0 Å². The number of hydrogen-bond donors (Lipinski definition) is 2. The smallest absolute Gasteiger partial charge is 0.404 e. The van der Waals surface area contributed by atoms with Crippen LogP contribution in [0, 0.1) is 0 Å². The van der Waals surface area contributed by atoms with Crippen molar-refractivity contribution in [1.82, 2.24) is 20.5 Å². The molecule has 1 aliphatic rings. The highest BCUT2D eigenvalue weighted by molar-refractivity contribution is 7.20. The fourth-order valence-corrected chi connectivity index (χ4v) is 5.01. The summed E-state index contributed by atoms with van der Waals surface area (Å²) in [6.07, 6.45) is 1.84.